The standard InChI is InChI=1S/C23H30FN3O4S/c1-5-21(23(29)25-17(2)3)26(15-18-11-13-19(24)14-12-18)22(28)16-27(32(4,30)31)20-9-7-6-8-10-20/h6-14,17,21H,5,15-16H2,1-4H3,(H,25,29)/t21-/m0/s1. The third-order valence-corrected chi connectivity index (χ3v) is 5.95. The molecule has 0 aliphatic heterocycles. The van der Waals surface area contributed by atoms with E-state index in [2.05, 4.69) is 5.32 Å². The summed E-state index contributed by atoms with van der Waals surface area (Å²) in [5.74, 6) is -1.28. The van der Waals surface area contributed by atoms with Crippen molar-refractivity contribution in [3.8, 4) is 0 Å². The van der Waals surface area contributed by atoms with Crippen molar-refractivity contribution in [3.63, 3.8) is 0 Å². The van der Waals surface area contributed by atoms with E-state index >= 15 is 0 Å². The minimum Gasteiger partial charge on any atom is -0.352 e. The van der Waals surface area contributed by atoms with Crippen molar-refractivity contribution in [2.24, 2.45) is 0 Å². The average Bonchev–Trinajstić information content (AvgIpc) is 2.72. The summed E-state index contributed by atoms with van der Waals surface area (Å²) in [7, 11) is -3.76. The molecule has 1 atom stereocenters. The normalized spacial score (nSPS) is 12.3. The maximum atomic E-state index is 13.4. The third kappa shape index (κ3) is 7.05. The van der Waals surface area contributed by atoms with Crippen LogP contribution in [-0.2, 0) is 26.2 Å². The molecule has 2 aromatic carbocycles. The lowest BCUT2D eigenvalue weighted by Crippen LogP contribution is -2.53. The number of benzene rings is 2. The number of anilines is 1. The molecule has 0 bridgehead atoms. The van der Waals surface area contributed by atoms with Gasteiger partial charge in [-0.15, -0.1) is 0 Å². The molecule has 0 saturated carbocycles. The number of para-hydroxylation sites is 1. The van der Waals surface area contributed by atoms with Crippen LogP contribution in [0.3, 0.4) is 0 Å². The number of amides is 2. The molecule has 2 amide bonds. The average molecular weight is 464 g/mol. The van der Waals surface area contributed by atoms with Crippen LogP contribution in [0, 0.1) is 5.82 Å². The quantitative estimate of drug-likeness (QED) is 0.587. The van der Waals surface area contributed by atoms with Crippen LogP contribution in [0.25, 0.3) is 0 Å². The number of hydrogen-bond acceptors (Lipinski definition) is 4. The van der Waals surface area contributed by atoms with Crippen molar-refractivity contribution in [2.75, 3.05) is 17.1 Å². The maximum Gasteiger partial charge on any atom is 0.244 e. The van der Waals surface area contributed by atoms with Crippen molar-refractivity contribution in [1.82, 2.24) is 10.2 Å². The zero-order valence-electron chi connectivity index (χ0n) is 18.8. The molecule has 32 heavy (non-hydrogen) atoms. The number of sulfonamides is 1. The molecule has 0 aromatic heterocycles. The Hall–Kier alpha value is -2.94. The summed E-state index contributed by atoms with van der Waals surface area (Å²) >= 11 is 0. The highest BCUT2D eigenvalue weighted by atomic mass is 32.2. The second-order valence-corrected chi connectivity index (χ2v) is 9.75. The van der Waals surface area contributed by atoms with Crippen LogP contribution in [0.1, 0.15) is 32.8 Å². The Morgan fingerprint density at radius 3 is 2.12 bits per heavy atom. The molecule has 0 fully saturated rings. The first-order valence-corrected chi connectivity index (χ1v) is 12.2. The van der Waals surface area contributed by atoms with Crippen molar-refractivity contribution in [3.05, 3.63) is 66.0 Å². The van der Waals surface area contributed by atoms with Gasteiger partial charge in [-0.1, -0.05) is 37.3 Å². The summed E-state index contributed by atoms with van der Waals surface area (Å²) in [5.41, 5.74) is 0.978. The van der Waals surface area contributed by atoms with Crippen molar-refractivity contribution in [1.29, 1.82) is 0 Å². The predicted molar refractivity (Wildman–Crippen MR) is 123 cm³/mol. The Balaban J connectivity index is 2.40. The molecular weight excluding hydrogens is 433 g/mol. The SMILES string of the molecule is CC[C@@H](C(=O)NC(C)C)N(Cc1ccc(F)cc1)C(=O)CN(c1ccccc1)S(C)(=O)=O. The summed E-state index contributed by atoms with van der Waals surface area (Å²) in [6.07, 6.45) is 1.36. The molecule has 0 aliphatic rings. The zero-order chi connectivity index (χ0) is 23.9. The van der Waals surface area contributed by atoms with Gasteiger partial charge in [0.1, 0.15) is 18.4 Å². The van der Waals surface area contributed by atoms with E-state index in [1.54, 1.807) is 37.3 Å². The maximum absolute atomic E-state index is 13.4. The summed E-state index contributed by atoms with van der Waals surface area (Å²) in [4.78, 5) is 27.6. The first-order chi connectivity index (χ1) is 15.0. The Morgan fingerprint density at radius 1 is 1.03 bits per heavy atom. The molecule has 7 nitrogen and oxygen atoms in total. The summed E-state index contributed by atoms with van der Waals surface area (Å²) in [5, 5.41) is 2.81. The van der Waals surface area contributed by atoms with E-state index in [4.69, 9.17) is 0 Å². The monoisotopic (exact) mass is 463 g/mol. The lowest BCUT2D eigenvalue weighted by atomic mass is 10.1. The van der Waals surface area contributed by atoms with Crippen molar-refractivity contribution >= 4 is 27.5 Å². The smallest absolute Gasteiger partial charge is 0.244 e. The topological polar surface area (TPSA) is 86.8 Å². The molecule has 2 aromatic rings. The third-order valence-electron chi connectivity index (χ3n) is 4.81. The lowest BCUT2D eigenvalue weighted by molar-refractivity contribution is -0.140. The van der Waals surface area contributed by atoms with Gasteiger partial charge in [-0.25, -0.2) is 12.8 Å². The molecule has 2 rings (SSSR count). The fourth-order valence-electron chi connectivity index (χ4n) is 3.29. The van der Waals surface area contributed by atoms with Gasteiger partial charge in [0.2, 0.25) is 21.8 Å². The molecule has 0 aliphatic carbocycles. The van der Waals surface area contributed by atoms with E-state index in [0.717, 1.165) is 10.6 Å². The van der Waals surface area contributed by atoms with Crippen molar-refractivity contribution in [2.45, 2.75) is 45.8 Å². The summed E-state index contributed by atoms with van der Waals surface area (Å²) in [6, 6.07) is 13.0. The number of nitrogens with one attached hydrogen (secondary N) is 1. The van der Waals surface area contributed by atoms with E-state index in [0.29, 0.717) is 17.7 Å². The molecule has 9 heteroatoms. The van der Waals surface area contributed by atoms with Gasteiger partial charge in [0.05, 0.1) is 11.9 Å². The second-order valence-electron chi connectivity index (χ2n) is 7.84. The lowest BCUT2D eigenvalue weighted by Gasteiger charge is -2.33. The van der Waals surface area contributed by atoms with Gasteiger partial charge in [0, 0.05) is 12.6 Å². The number of hydrogen-bond donors (Lipinski definition) is 1. The molecule has 174 valence electrons. The highest BCUT2D eigenvalue weighted by molar-refractivity contribution is 7.92. The van der Waals surface area contributed by atoms with Gasteiger partial charge in [-0.05, 0) is 50.1 Å². The Morgan fingerprint density at radius 2 is 1.62 bits per heavy atom. The number of halogens is 1. The van der Waals surface area contributed by atoms with E-state index in [9.17, 15) is 22.4 Å². The molecule has 0 radical (unpaired) electrons. The number of carbonyl (C=O) groups is 2. The fraction of sp³-hybridized carbons (Fsp3) is 0.391. The van der Waals surface area contributed by atoms with Crippen LogP contribution in [0.4, 0.5) is 10.1 Å². The number of carbonyl (C=O) groups excluding carboxylic acids is 2. The van der Waals surface area contributed by atoms with Crippen LogP contribution in [0.2, 0.25) is 0 Å². The first kappa shape index (κ1) is 25.3. The first-order valence-electron chi connectivity index (χ1n) is 10.4. The van der Waals surface area contributed by atoms with E-state index in [1.807, 2.05) is 13.8 Å². The van der Waals surface area contributed by atoms with Crippen LogP contribution >= 0.6 is 0 Å². The molecular formula is C23H30FN3O4S. The van der Waals surface area contributed by atoms with Gasteiger partial charge in [-0.2, -0.15) is 0 Å². The van der Waals surface area contributed by atoms with Gasteiger partial charge < -0.3 is 10.2 Å². The van der Waals surface area contributed by atoms with Crippen molar-refractivity contribution < 1.29 is 22.4 Å². The van der Waals surface area contributed by atoms with Crippen LogP contribution in [-0.4, -0.2) is 50.0 Å². The summed E-state index contributed by atoms with van der Waals surface area (Å²) < 4.78 is 39.2. The van der Waals surface area contributed by atoms with Gasteiger partial charge in [0.25, 0.3) is 0 Å². The van der Waals surface area contributed by atoms with Crippen LogP contribution in [0.15, 0.2) is 54.6 Å². The minimum absolute atomic E-state index is 0.0372. The fourth-order valence-corrected chi connectivity index (χ4v) is 4.14. The second kappa shape index (κ2) is 11.1. The highest BCUT2D eigenvalue weighted by Crippen LogP contribution is 2.19. The molecule has 0 spiro atoms. The molecule has 1 N–H and O–H groups in total. The largest absolute Gasteiger partial charge is 0.352 e. The van der Waals surface area contributed by atoms with Crippen LogP contribution < -0.4 is 9.62 Å². The number of rotatable bonds is 10. The van der Waals surface area contributed by atoms with Gasteiger partial charge >= 0.3 is 0 Å². The minimum atomic E-state index is -3.76. The van der Waals surface area contributed by atoms with Crippen LogP contribution in [0.5, 0.6) is 0 Å². The van der Waals surface area contributed by atoms with E-state index < -0.39 is 34.3 Å². The predicted octanol–water partition coefficient (Wildman–Crippen LogP) is 2.92. The molecule has 0 saturated heterocycles. The Labute approximate surface area is 189 Å². The molecule has 0 heterocycles. The highest BCUT2D eigenvalue weighted by Gasteiger charge is 2.31. The van der Waals surface area contributed by atoms with E-state index in [-0.39, 0.29) is 18.5 Å². The zero-order valence-corrected chi connectivity index (χ0v) is 19.6. The molecule has 0 unspecified atom stereocenters. The van der Waals surface area contributed by atoms with E-state index in [1.165, 1.54) is 29.2 Å². The number of nitrogens with zero attached hydrogens (tertiary/aromatic N) is 2. The Kier molecular flexibility index (Phi) is 8.77. The van der Waals surface area contributed by atoms with Gasteiger partial charge in [0.15, 0.2) is 0 Å². The summed E-state index contributed by atoms with van der Waals surface area (Å²) in [6.45, 7) is 4.99. The van der Waals surface area contributed by atoms with Gasteiger partial charge in [-0.3, -0.25) is 13.9 Å². The Bertz CT molecular complexity index is 1010.